The number of hydrogen-bond acceptors (Lipinski definition) is 5. The summed E-state index contributed by atoms with van der Waals surface area (Å²) in [5, 5.41) is -0.227. The largest absolute Gasteiger partial charge is 0.469 e. The number of fused-ring (bicyclic) bond motifs is 2. The molecule has 146 valence electrons. The number of ether oxygens (including phenoxy) is 2. The summed E-state index contributed by atoms with van der Waals surface area (Å²) in [5.74, 6) is 0.789. The van der Waals surface area contributed by atoms with Crippen LogP contribution in [0, 0.1) is 17.3 Å². The van der Waals surface area contributed by atoms with Gasteiger partial charge in [0, 0.05) is 24.6 Å². The van der Waals surface area contributed by atoms with E-state index in [1.807, 2.05) is 6.07 Å². The van der Waals surface area contributed by atoms with Gasteiger partial charge in [-0.2, -0.15) is 0 Å². The van der Waals surface area contributed by atoms with Gasteiger partial charge in [0.2, 0.25) is 5.79 Å². The minimum atomic E-state index is -0.967. The van der Waals surface area contributed by atoms with Gasteiger partial charge in [-0.15, -0.1) is 0 Å². The number of para-hydroxylation sites is 1. The second kappa shape index (κ2) is 4.17. The molecule has 5 nitrogen and oxygen atoms in total. The lowest BCUT2D eigenvalue weighted by atomic mass is 9.21. The molecule has 4 unspecified atom stereocenters. The summed E-state index contributed by atoms with van der Waals surface area (Å²) in [4.78, 5) is 12.5. The second-order valence-corrected chi connectivity index (χ2v) is 10.7. The normalized spacial score (nSPS) is 47.3. The molecule has 5 fully saturated rings. The van der Waals surface area contributed by atoms with Crippen molar-refractivity contribution >= 4 is 13.1 Å². The van der Waals surface area contributed by atoms with Crippen LogP contribution < -0.4 is 4.74 Å². The van der Waals surface area contributed by atoms with Crippen molar-refractivity contribution < 1.29 is 23.6 Å². The second-order valence-electron chi connectivity index (χ2n) is 10.7. The number of hydrogen-bond donors (Lipinski definition) is 0. The third-order valence-electron chi connectivity index (χ3n) is 9.32. The summed E-state index contributed by atoms with van der Waals surface area (Å²) in [7, 11) is -0.267. The summed E-state index contributed by atoms with van der Waals surface area (Å²) in [6.07, 6.45) is 4.39. The Morgan fingerprint density at radius 1 is 1.07 bits per heavy atom. The highest BCUT2D eigenvalue weighted by molar-refractivity contribution is 6.51. The minimum Gasteiger partial charge on any atom is -0.452 e. The molecule has 2 heterocycles. The number of benzene rings is 1. The van der Waals surface area contributed by atoms with Gasteiger partial charge >= 0.3 is 13.1 Å². The van der Waals surface area contributed by atoms with Crippen LogP contribution in [0.1, 0.15) is 69.3 Å². The molecule has 1 aromatic carbocycles. The number of cyclic esters (lactones) is 1. The first-order valence-electron chi connectivity index (χ1n) is 10.6. The van der Waals surface area contributed by atoms with Gasteiger partial charge in [0.1, 0.15) is 11.3 Å². The molecule has 1 spiro atoms. The van der Waals surface area contributed by atoms with Crippen LogP contribution in [0.3, 0.4) is 0 Å². The van der Waals surface area contributed by atoms with Gasteiger partial charge in [0.25, 0.3) is 0 Å². The van der Waals surface area contributed by atoms with E-state index in [-0.39, 0.29) is 29.6 Å². The molecule has 4 aliphatic carbocycles. The van der Waals surface area contributed by atoms with Gasteiger partial charge in [0.05, 0.1) is 11.2 Å². The van der Waals surface area contributed by atoms with Gasteiger partial charge in [-0.25, -0.2) is 4.79 Å². The van der Waals surface area contributed by atoms with E-state index >= 15 is 0 Å². The van der Waals surface area contributed by atoms with Crippen LogP contribution in [0.2, 0.25) is 0 Å². The van der Waals surface area contributed by atoms with Crippen LogP contribution in [0.5, 0.6) is 5.75 Å². The lowest BCUT2D eigenvalue weighted by molar-refractivity contribution is -0.429. The summed E-state index contributed by atoms with van der Waals surface area (Å²) in [6.45, 7) is 8.22. The number of carbonyl (C=O) groups excluding carboxylic acids is 1. The Balaban J connectivity index is 1.31. The maximum Gasteiger partial charge on any atom is 0.469 e. The molecule has 0 amide bonds. The van der Waals surface area contributed by atoms with Crippen molar-refractivity contribution in [2.75, 3.05) is 0 Å². The first-order valence-corrected chi connectivity index (χ1v) is 10.6. The van der Waals surface area contributed by atoms with Crippen LogP contribution in [-0.4, -0.2) is 30.1 Å². The molecule has 6 heteroatoms. The lowest BCUT2D eigenvalue weighted by Crippen LogP contribution is -2.92. The summed E-state index contributed by atoms with van der Waals surface area (Å²) in [6, 6.07) is 5.78. The Kier molecular flexibility index (Phi) is 2.43. The Labute approximate surface area is 165 Å². The van der Waals surface area contributed by atoms with E-state index in [9.17, 15) is 4.79 Å². The monoisotopic (exact) mass is 380 g/mol. The van der Waals surface area contributed by atoms with Crippen LogP contribution in [0.4, 0.5) is 0 Å². The van der Waals surface area contributed by atoms with E-state index in [0.717, 1.165) is 30.7 Å². The minimum absolute atomic E-state index is 0.109. The van der Waals surface area contributed by atoms with Gasteiger partial charge in [0.15, 0.2) is 0 Å². The number of esters is 1. The smallest absolute Gasteiger partial charge is 0.452 e. The van der Waals surface area contributed by atoms with Crippen LogP contribution >= 0.6 is 0 Å². The molecule has 0 N–H and O–H groups in total. The van der Waals surface area contributed by atoms with Crippen molar-refractivity contribution in [1.29, 1.82) is 0 Å². The predicted molar refractivity (Wildman–Crippen MR) is 101 cm³/mol. The third-order valence-corrected chi connectivity index (χ3v) is 9.32. The van der Waals surface area contributed by atoms with E-state index in [1.54, 1.807) is 19.9 Å². The van der Waals surface area contributed by atoms with Crippen molar-refractivity contribution in [3.8, 4) is 5.75 Å². The zero-order chi connectivity index (χ0) is 19.3. The van der Waals surface area contributed by atoms with E-state index in [0.29, 0.717) is 22.6 Å². The molecule has 0 radical (unpaired) electrons. The number of carbonyl (C=O) groups is 1. The quantitative estimate of drug-likeness (QED) is 0.579. The van der Waals surface area contributed by atoms with Crippen molar-refractivity contribution in [3.05, 3.63) is 29.3 Å². The number of rotatable bonds is 2. The molecular formula is C22H25BO5. The molecule has 0 bridgehead atoms. The summed E-state index contributed by atoms with van der Waals surface area (Å²) >= 11 is 0. The molecule has 1 aromatic rings. The van der Waals surface area contributed by atoms with Crippen molar-refractivity contribution in [3.63, 3.8) is 0 Å². The topological polar surface area (TPSA) is 54.0 Å². The first-order chi connectivity index (χ1) is 13.2. The van der Waals surface area contributed by atoms with Gasteiger partial charge < -0.3 is 18.8 Å². The zero-order valence-corrected chi connectivity index (χ0v) is 16.8. The van der Waals surface area contributed by atoms with E-state index in [2.05, 4.69) is 19.9 Å². The van der Waals surface area contributed by atoms with Crippen LogP contribution in [-0.2, 0) is 19.4 Å². The Bertz CT molecular complexity index is 970. The zero-order valence-electron chi connectivity index (χ0n) is 16.8. The van der Waals surface area contributed by atoms with Gasteiger partial charge in [-0.3, -0.25) is 0 Å². The van der Waals surface area contributed by atoms with Gasteiger partial charge in [-0.1, -0.05) is 19.1 Å². The Hall–Kier alpha value is -1.53. The average molecular weight is 380 g/mol. The Morgan fingerprint density at radius 3 is 2.50 bits per heavy atom. The molecule has 6 aliphatic rings. The first kappa shape index (κ1) is 16.3. The molecule has 0 aromatic heterocycles. The average Bonchev–Trinajstić information content (AvgIpc) is 3.36. The summed E-state index contributed by atoms with van der Waals surface area (Å²) < 4.78 is 25.1. The third kappa shape index (κ3) is 1.39. The fraction of sp³-hybridized carbons (Fsp3) is 0.682. The highest BCUT2D eigenvalue weighted by Crippen LogP contribution is 2.88. The molecule has 2 aliphatic heterocycles. The van der Waals surface area contributed by atoms with Crippen LogP contribution in [0.25, 0.3) is 0 Å². The predicted octanol–water partition coefficient (Wildman–Crippen LogP) is 3.63. The van der Waals surface area contributed by atoms with E-state index in [4.69, 9.17) is 18.8 Å². The fourth-order valence-electron chi connectivity index (χ4n) is 7.61. The lowest BCUT2D eigenvalue weighted by Gasteiger charge is -2.87. The molecule has 28 heavy (non-hydrogen) atoms. The van der Waals surface area contributed by atoms with E-state index in [1.165, 1.54) is 6.42 Å². The van der Waals surface area contributed by atoms with Crippen molar-refractivity contribution in [2.24, 2.45) is 17.3 Å². The standard InChI is InChI=1S/C22H25BO5/c1-18(2)25-16-13(17(24)26-18)6-5-7-14(16)21(8-9-21)23-27-20(4)15-10-12-11-22(20,28-23)19(12,15)3/h5-7,12,15H,8-11H2,1-4H3/t12?,15?,19?,20-,22?/m0/s1. The van der Waals surface area contributed by atoms with Crippen molar-refractivity contribution in [1.82, 2.24) is 0 Å². The fourth-order valence-corrected chi connectivity index (χ4v) is 7.61. The van der Waals surface area contributed by atoms with E-state index < -0.39 is 5.79 Å². The molecule has 5 atom stereocenters. The molecule has 7 rings (SSSR count). The highest BCUT2D eigenvalue weighted by Gasteiger charge is 2.94. The molecular weight excluding hydrogens is 355 g/mol. The highest BCUT2D eigenvalue weighted by atomic mass is 16.7. The van der Waals surface area contributed by atoms with Crippen LogP contribution in [0.15, 0.2) is 18.2 Å². The maximum absolute atomic E-state index is 12.5. The van der Waals surface area contributed by atoms with Crippen molar-refractivity contribution in [2.45, 2.75) is 75.7 Å². The Morgan fingerprint density at radius 2 is 1.86 bits per heavy atom. The molecule has 1 saturated heterocycles. The maximum atomic E-state index is 12.5. The SMILES string of the molecule is CC1(C)OC(=O)c2cccc(C3(B4OC56CC7CC(C75C)[C@]6(C)O4)CC3)c2O1. The molecule has 4 saturated carbocycles. The van der Waals surface area contributed by atoms with Gasteiger partial charge in [-0.05, 0) is 56.1 Å². The summed E-state index contributed by atoms with van der Waals surface area (Å²) in [5.41, 5.74) is 1.58.